The number of pyridine rings is 1. The van der Waals surface area contributed by atoms with Gasteiger partial charge in [-0.15, -0.1) is 0 Å². The van der Waals surface area contributed by atoms with Crippen LogP contribution in [0.25, 0.3) is 0 Å². The van der Waals surface area contributed by atoms with Crippen molar-refractivity contribution in [3.63, 3.8) is 0 Å². The number of hydrogen-bond donors (Lipinski definition) is 1. The topological polar surface area (TPSA) is 66.9 Å². The fourth-order valence-electron chi connectivity index (χ4n) is 4.37. The number of carbonyl (C=O) groups excluding carboxylic acids is 1. The van der Waals surface area contributed by atoms with E-state index >= 15 is 0 Å². The van der Waals surface area contributed by atoms with E-state index in [1.54, 1.807) is 6.20 Å². The number of carbonyl (C=O) groups is 1. The van der Waals surface area contributed by atoms with Gasteiger partial charge in [0.2, 0.25) is 0 Å². The van der Waals surface area contributed by atoms with Crippen molar-refractivity contribution >= 4 is 11.7 Å². The van der Waals surface area contributed by atoms with Crippen molar-refractivity contribution in [2.24, 2.45) is 0 Å². The van der Waals surface area contributed by atoms with E-state index in [4.69, 9.17) is 9.47 Å². The first-order valence-electron chi connectivity index (χ1n) is 10.7. The standard InChI is InChI=1S/C21H32N4O3/c26-21(25-8-6-18(7-9-25)24-10-13-27-14-11-24)17-4-5-20(22-15-17)23-16-19-3-1-2-12-28-19/h4-5,15,18-19H,1-3,6-14,16H2,(H,22,23)/t19-/m0/s1. The fraction of sp³-hybridized carbons (Fsp3) is 0.714. The van der Waals surface area contributed by atoms with Crippen LogP contribution in [0.5, 0.6) is 0 Å². The molecule has 1 N–H and O–H groups in total. The van der Waals surface area contributed by atoms with Gasteiger partial charge in [0.05, 0.1) is 24.9 Å². The first-order valence-corrected chi connectivity index (χ1v) is 10.7. The number of ether oxygens (including phenoxy) is 2. The molecule has 0 unspecified atom stereocenters. The Labute approximate surface area is 167 Å². The molecule has 1 aromatic rings. The second kappa shape index (κ2) is 9.67. The first kappa shape index (κ1) is 19.6. The monoisotopic (exact) mass is 388 g/mol. The molecule has 3 aliphatic rings. The molecule has 154 valence electrons. The Hall–Kier alpha value is -1.70. The number of rotatable bonds is 5. The van der Waals surface area contributed by atoms with Crippen molar-refractivity contribution in [1.82, 2.24) is 14.8 Å². The van der Waals surface area contributed by atoms with E-state index in [1.165, 1.54) is 6.42 Å². The highest BCUT2D eigenvalue weighted by atomic mass is 16.5. The van der Waals surface area contributed by atoms with Crippen LogP contribution in [0.4, 0.5) is 5.82 Å². The number of anilines is 1. The minimum Gasteiger partial charge on any atom is -0.379 e. The van der Waals surface area contributed by atoms with Gasteiger partial charge in [0.25, 0.3) is 5.91 Å². The van der Waals surface area contributed by atoms with Gasteiger partial charge in [0, 0.05) is 51.6 Å². The molecular weight excluding hydrogens is 356 g/mol. The maximum absolute atomic E-state index is 12.8. The van der Waals surface area contributed by atoms with Crippen LogP contribution in [0.1, 0.15) is 42.5 Å². The molecule has 0 aliphatic carbocycles. The molecule has 1 atom stereocenters. The number of aromatic nitrogens is 1. The van der Waals surface area contributed by atoms with E-state index < -0.39 is 0 Å². The van der Waals surface area contributed by atoms with Gasteiger partial charge in [-0.1, -0.05) is 0 Å². The molecule has 3 saturated heterocycles. The zero-order valence-electron chi connectivity index (χ0n) is 16.6. The molecule has 0 bridgehead atoms. The molecule has 4 rings (SSSR count). The van der Waals surface area contributed by atoms with Crippen LogP contribution in [0.2, 0.25) is 0 Å². The predicted molar refractivity (Wildman–Crippen MR) is 108 cm³/mol. The number of nitrogens with zero attached hydrogens (tertiary/aromatic N) is 3. The Bertz CT molecular complexity index is 619. The van der Waals surface area contributed by atoms with E-state index in [0.717, 1.165) is 84.0 Å². The number of hydrogen-bond acceptors (Lipinski definition) is 6. The molecule has 3 aliphatic heterocycles. The molecule has 4 heterocycles. The van der Waals surface area contributed by atoms with E-state index in [-0.39, 0.29) is 12.0 Å². The zero-order valence-corrected chi connectivity index (χ0v) is 16.6. The molecule has 0 aromatic carbocycles. The van der Waals surface area contributed by atoms with Gasteiger partial charge in [-0.05, 0) is 44.2 Å². The lowest BCUT2D eigenvalue weighted by Gasteiger charge is -2.40. The maximum atomic E-state index is 12.8. The molecule has 0 saturated carbocycles. The highest BCUT2D eigenvalue weighted by Crippen LogP contribution is 2.20. The van der Waals surface area contributed by atoms with Crippen molar-refractivity contribution in [2.45, 2.75) is 44.2 Å². The average molecular weight is 389 g/mol. The molecule has 3 fully saturated rings. The van der Waals surface area contributed by atoms with Crippen molar-refractivity contribution in [3.05, 3.63) is 23.9 Å². The summed E-state index contributed by atoms with van der Waals surface area (Å²) in [5, 5.41) is 3.33. The smallest absolute Gasteiger partial charge is 0.255 e. The van der Waals surface area contributed by atoms with Gasteiger partial charge in [-0.3, -0.25) is 9.69 Å². The summed E-state index contributed by atoms with van der Waals surface area (Å²) < 4.78 is 11.2. The van der Waals surface area contributed by atoms with E-state index in [1.807, 2.05) is 17.0 Å². The summed E-state index contributed by atoms with van der Waals surface area (Å²) in [5.74, 6) is 0.895. The number of nitrogens with one attached hydrogen (secondary N) is 1. The summed E-state index contributed by atoms with van der Waals surface area (Å²) in [6.07, 6.45) is 7.54. The lowest BCUT2D eigenvalue weighted by molar-refractivity contribution is 0.00158. The van der Waals surface area contributed by atoms with Crippen molar-refractivity contribution in [2.75, 3.05) is 57.9 Å². The van der Waals surface area contributed by atoms with Gasteiger partial charge >= 0.3 is 0 Å². The second-order valence-electron chi connectivity index (χ2n) is 7.97. The quantitative estimate of drug-likeness (QED) is 0.832. The molecule has 0 radical (unpaired) electrons. The van der Waals surface area contributed by atoms with Gasteiger partial charge in [0.15, 0.2) is 0 Å². The molecule has 28 heavy (non-hydrogen) atoms. The Balaban J connectivity index is 1.24. The SMILES string of the molecule is O=C(c1ccc(NC[C@@H]2CCCCO2)nc1)N1CCC(N2CCOCC2)CC1. The molecule has 1 aromatic heterocycles. The highest BCUT2D eigenvalue weighted by molar-refractivity contribution is 5.94. The van der Waals surface area contributed by atoms with E-state index in [9.17, 15) is 4.79 Å². The van der Waals surface area contributed by atoms with Crippen LogP contribution in [-0.4, -0.2) is 85.4 Å². The molecule has 7 nitrogen and oxygen atoms in total. The Morgan fingerprint density at radius 3 is 2.57 bits per heavy atom. The number of piperidine rings is 1. The second-order valence-corrected chi connectivity index (χ2v) is 7.97. The summed E-state index contributed by atoms with van der Waals surface area (Å²) >= 11 is 0. The lowest BCUT2D eigenvalue weighted by Crippen LogP contribution is -2.50. The van der Waals surface area contributed by atoms with Crippen molar-refractivity contribution in [3.8, 4) is 0 Å². The molecule has 7 heteroatoms. The number of morpholine rings is 1. The van der Waals surface area contributed by atoms with E-state index in [0.29, 0.717) is 11.6 Å². The summed E-state index contributed by atoms with van der Waals surface area (Å²) in [6.45, 7) is 6.96. The number of likely N-dealkylation sites (tertiary alicyclic amines) is 1. The van der Waals surface area contributed by atoms with Crippen molar-refractivity contribution < 1.29 is 14.3 Å². The first-order chi connectivity index (χ1) is 13.8. The summed E-state index contributed by atoms with van der Waals surface area (Å²) in [5.41, 5.74) is 0.671. The summed E-state index contributed by atoms with van der Waals surface area (Å²) in [4.78, 5) is 21.7. The third-order valence-electron chi connectivity index (χ3n) is 6.11. The predicted octanol–water partition coefficient (Wildman–Crippen LogP) is 2.00. The maximum Gasteiger partial charge on any atom is 0.255 e. The van der Waals surface area contributed by atoms with Crippen LogP contribution in [0.3, 0.4) is 0 Å². The lowest BCUT2D eigenvalue weighted by atomic mass is 10.0. The van der Waals surface area contributed by atoms with Crippen LogP contribution < -0.4 is 5.32 Å². The molecular formula is C21H32N4O3. The Kier molecular flexibility index (Phi) is 6.77. The normalized spacial score (nSPS) is 24.9. The summed E-state index contributed by atoms with van der Waals surface area (Å²) in [6, 6.07) is 4.36. The van der Waals surface area contributed by atoms with Crippen LogP contribution in [-0.2, 0) is 9.47 Å². The van der Waals surface area contributed by atoms with Crippen LogP contribution in [0.15, 0.2) is 18.3 Å². The van der Waals surface area contributed by atoms with Gasteiger partial charge in [-0.2, -0.15) is 0 Å². The Morgan fingerprint density at radius 1 is 1.07 bits per heavy atom. The molecule has 0 spiro atoms. The van der Waals surface area contributed by atoms with Gasteiger partial charge in [-0.25, -0.2) is 4.98 Å². The van der Waals surface area contributed by atoms with Crippen LogP contribution in [0, 0.1) is 0 Å². The fourth-order valence-corrected chi connectivity index (χ4v) is 4.37. The highest BCUT2D eigenvalue weighted by Gasteiger charge is 2.28. The summed E-state index contributed by atoms with van der Waals surface area (Å²) in [7, 11) is 0. The number of amides is 1. The minimum atomic E-state index is 0.0927. The van der Waals surface area contributed by atoms with Gasteiger partial charge in [0.1, 0.15) is 5.82 Å². The van der Waals surface area contributed by atoms with Gasteiger partial charge < -0.3 is 19.7 Å². The third kappa shape index (κ3) is 5.01. The average Bonchev–Trinajstić information content (AvgIpc) is 2.79. The zero-order chi connectivity index (χ0) is 19.2. The minimum absolute atomic E-state index is 0.0927. The molecule has 1 amide bonds. The van der Waals surface area contributed by atoms with E-state index in [2.05, 4.69) is 15.2 Å². The van der Waals surface area contributed by atoms with Crippen LogP contribution >= 0.6 is 0 Å². The van der Waals surface area contributed by atoms with Crippen molar-refractivity contribution in [1.29, 1.82) is 0 Å². The largest absolute Gasteiger partial charge is 0.379 e. The third-order valence-corrected chi connectivity index (χ3v) is 6.11. The Morgan fingerprint density at radius 2 is 1.89 bits per heavy atom.